The van der Waals surface area contributed by atoms with E-state index in [4.69, 9.17) is 14.2 Å². The zero-order valence-corrected chi connectivity index (χ0v) is 18.3. The van der Waals surface area contributed by atoms with Gasteiger partial charge in [-0.3, -0.25) is 14.6 Å². The number of methoxy groups -OCH3 is 3. The van der Waals surface area contributed by atoms with Crippen LogP contribution < -0.4 is 19.6 Å². The Labute approximate surface area is 183 Å². The summed E-state index contributed by atoms with van der Waals surface area (Å²) < 4.78 is 16.0. The first kappa shape index (κ1) is 22.6. The molecule has 1 heterocycles. The summed E-state index contributed by atoms with van der Waals surface area (Å²) in [5.74, 6) is 1.43. The minimum atomic E-state index is -0.139. The summed E-state index contributed by atoms with van der Waals surface area (Å²) in [5.41, 5.74) is 4.64. The molecule has 0 saturated carbocycles. The molecule has 1 N–H and O–H groups in total. The van der Waals surface area contributed by atoms with Crippen LogP contribution in [0.5, 0.6) is 17.2 Å². The zero-order valence-electron chi connectivity index (χ0n) is 18.3. The first-order valence-corrected chi connectivity index (χ1v) is 10.2. The molecule has 1 aliphatic heterocycles. The molecule has 0 aromatic heterocycles. The molecule has 0 bridgehead atoms. The van der Waals surface area contributed by atoms with E-state index >= 15 is 0 Å². The number of carbonyl (C=O) groups is 1. The molecular weight excluding hydrogens is 396 g/mol. The van der Waals surface area contributed by atoms with Gasteiger partial charge in [-0.25, -0.2) is 5.43 Å². The average Bonchev–Trinajstić information content (AvgIpc) is 2.80. The Hall–Kier alpha value is -3.10. The molecule has 8 heteroatoms. The van der Waals surface area contributed by atoms with Crippen molar-refractivity contribution in [3.63, 3.8) is 0 Å². The fourth-order valence-corrected chi connectivity index (χ4v) is 3.54. The number of ether oxygens (including phenoxy) is 3. The maximum Gasteiger partial charge on any atom is 0.254 e. The topological polar surface area (TPSA) is 75.6 Å². The fraction of sp³-hybridized carbons (Fsp3) is 0.391. The smallest absolute Gasteiger partial charge is 0.254 e. The minimum absolute atomic E-state index is 0.139. The van der Waals surface area contributed by atoms with E-state index in [-0.39, 0.29) is 5.91 Å². The van der Waals surface area contributed by atoms with Crippen molar-refractivity contribution in [3.8, 4) is 17.2 Å². The SMILES string of the molecule is COc1cc(/C=N/NC(=O)CN2CCN(Cc3ccccc3)CC2)cc(OC)c1OC. The van der Waals surface area contributed by atoms with Gasteiger partial charge in [0.2, 0.25) is 5.75 Å². The van der Waals surface area contributed by atoms with E-state index in [1.54, 1.807) is 39.7 Å². The van der Waals surface area contributed by atoms with E-state index in [2.05, 4.69) is 44.6 Å². The number of amides is 1. The predicted octanol–water partition coefficient (Wildman–Crippen LogP) is 1.98. The minimum Gasteiger partial charge on any atom is -0.493 e. The average molecular weight is 427 g/mol. The van der Waals surface area contributed by atoms with Crippen LogP contribution in [0.4, 0.5) is 0 Å². The van der Waals surface area contributed by atoms with Crippen molar-refractivity contribution in [3.05, 3.63) is 53.6 Å². The molecule has 0 spiro atoms. The largest absolute Gasteiger partial charge is 0.493 e. The Morgan fingerprint density at radius 3 is 2.16 bits per heavy atom. The molecule has 31 heavy (non-hydrogen) atoms. The molecule has 8 nitrogen and oxygen atoms in total. The number of hydrogen-bond acceptors (Lipinski definition) is 7. The summed E-state index contributed by atoms with van der Waals surface area (Å²) in [6.45, 7) is 4.87. The Bertz CT molecular complexity index is 855. The fourth-order valence-electron chi connectivity index (χ4n) is 3.54. The number of carbonyl (C=O) groups excluding carboxylic acids is 1. The van der Waals surface area contributed by atoms with Gasteiger partial charge in [0.25, 0.3) is 5.91 Å². The standard InChI is InChI=1S/C23H30N4O4/c1-29-20-13-19(14-21(30-2)23(20)31-3)15-24-25-22(28)17-27-11-9-26(10-12-27)16-18-7-5-4-6-8-18/h4-8,13-15H,9-12,16-17H2,1-3H3,(H,25,28)/b24-15+. The number of hydrogen-bond donors (Lipinski definition) is 1. The molecule has 0 radical (unpaired) electrons. The van der Waals surface area contributed by atoms with Crippen molar-refractivity contribution < 1.29 is 19.0 Å². The lowest BCUT2D eigenvalue weighted by atomic mass is 10.2. The van der Waals surface area contributed by atoms with E-state index in [1.807, 2.05) is 6.07 Å². The van der Waals surface area contributed by atoms with E-state index in [1.165, 1.54) is 5.56 Å². The molecule has 1 amide bonds. The third kappa shape index (κ3) is 6.44. The van der Waals surface area contributed by atoms with Crippen molar-refractivity contribution in [1.82, 2.24) is 15.2 Å². The maximum atomic E-state index is 12.3. The molecule has 0 aliphatic carbocycles. The second-order valence-electron chi connectivity index (χ2n) is 7.29. The van der Waals surface area contributed by atoms with Gasteiger partial charge in [-0.2, -0.15) is 5.10 Å². The zero-order chi connectivity index (χ0) is 22.1. The second kappa shape index (κ2) is 11.3. The van der Waals surface area contributed by atoms with Crippen molar-refractivity contribution in [2.75, 3.05) is 54.1 Å². The van der Waals surface area contributed by atoms with Crippen molar-refractivity contribution >= 4 is 12.1 Å². The van der Waals surface area contributed by atoms with Crippen molar-refractivity contribution in [1.29, 1.82) is 0 Å². The van der Waals surface area contributed by atoms with Gasteiger partial charge >= 0.3 is 0 Å². The number of nitrogens with zero attached hydrogens (tertiary/aromatic N) is 3. The molecule has 1 saturated heterocycles. The van der Waals surface area contributed by atoms with Gasteiger partial charge in [-0.15, -0.1) is 0 Å². The Kier molecular flexibility index (Phi) is 8.26. The van der Waals surface area contributed by atoms with Gasteiger partial charge in [0.15, 0.2) is 11.5 Å². The summed E-state index contributed by atoms with van der Waals surface area (Å²) in [5, 5.41) is 4.07. The van der Waals surface area contributed by atoms with Crippen LogP contribution in [-0.4, -0.2) is 76.0 Å². The number of hydrazone groups is 1. The van der Waals surface area contributed by atoms with Gasteiger partial charge < -0.3 is 14.2 Å². The highest BCUT2D eigenvalue weighted by Gasteiger charge is 2.19. The van der Waals surface area contributed by atoms with Gasteiger partial charge in [-0.1, -0.05) is 30.3 Å². The number of nitrogens with one attached hydrogen (secondary N) is 1. The lowest BCUT2D eigenvalue weighted by Gasteiger charge is -2.34. The molecular formula is C23H30N4O4. The Morgan fingerprint density at radius 1 is 0.968 bits per heavy atom. The van der Waals surface area contributed by atoms with Crippen LogP contribution in [0, 0.1) is 0 Å². The first-order chi connectivity index (χ1) is 15.1. The summed E-state index contributed by atoms with van der Waals surface area (Å²) in [6.07, 6.45) is 1.56. The highest BCUT2D eigenvalue weighted by molar-refractivity contribution is 5.84. The molecule has 166 valence electrons. The maximum absolute atomic E-state index is 12.3. The lowest BCUT2D eigenvalue weighted by Crippen LogP contribution is -2.48. The molecule has 0 atom stereocenters. The van der Waals surface area contributed by atoms with Crippen LogP contribution in [0.1, 0.15) is 11.1 Å². The summed E-state index contributed by atoms with van der Waals surface area (Å²) in [4.78, 5) is 16.8. The predicted molar refractivity (Wildman–Crippen MR) is 120 cm³/mol. The molecule has 3 rings (SSSR count). The number of piperazine rings is 1. The lowest BCUT2D eigenvalue weighted by molar-refractivity contribution is -0.122. The summed E-state index contributed by atoms with van der Waals surface area (Å²) in [7, 11) is 4.66. The third-order valence-corrected chi connectivity index (χ3v) is 5.17. The van der Waals surface area contributed by atoms with E-state index in [0.29, 0.717) is 23.8 Å². The third-order valence-electron chi connectivity index (χ3n) is 5.17. The van der Waals surface area contributed by atoms with Crippen molar-refractivity contribution in [2.45, 2.75) is 6.54 Å². The van der Waals surface area contributed by atoms with Gasteiger partial charge in [0.05, 0.1) is 34.1 Å². The quantitative estimate of drug-likeness (QED) is 0.488. The normalized spacial score (nSPS) is 15.1. The van der Waals surface area contributed by atoms with Crippen LogP contribution in [0.2, 0.25) is 0 Å². The molecule has 2 aromatic carbocycles. The van der Waals surface area contributed by atoms with E-state index in [9.17, 15) is 4.79 Å². The van der Waals surface area contributed by atoms with Crippen LogP contribution >= 0.6 is 0 Å². The molecule has 1 aliphatic rings. The molecule has 2 aromatic rings. The monoisotopic (exact) mass is 426 g/mol. The van der Waals surface area contributed by atoms with E-state index in [0.717, 1.165) is 38.3 Å². The first-order valence-electron chi connectivity index (χ1n) is 10.2. The van der Waals surface area contributed by atoms with Crippen LogP contribution in [0.3, 0.4) is 0 Å². The number of benzene rings is 2. The van der Waals surface area contributed by atoms with Gasteiger partial charge in [0.1, 0.15) is 0 Å². The second-order valence-corrected chi connectivity index (χ2v) is 7.29. The van der Waals surface area contributed by atoms with Gasteiger partial charge in [-0.05, 0) is 17.7 Å². The van der Waals surface area contributed by atoms with E-state index < -0.39 is 0 Å². The highest BCUT2D eigenvalue weighted by Crippen LogP contribution is 2.37. The Morgan fingerprint density at radius 2 is 1.58 bits per heavy atom. The van der Waals surface area contributed by atoms with Crippen LogP contribution in [0.25, 0.3) is 0 Å². The number of rotatable bonds is 9. The highest BCUT2D eigenvalue weighted by atomic mass is 16.5. The summed E-state index contributed by atoms with van der Waals surface area (Å²) in [6, 6.07) is 14.0. The summed E-state index contributed by atoms with van der Waals surface area (Å²) >= 11 is 0. The van der Waals surface area contributed by atoms with Gasteiger partial charge in [0, 0.05) is 38.3 Å². The molecule has 0 unspecified atom stereocenters. The Balaban J connectivity index is 1.46. The van der Waals surface area contributed by atoms with Crippen LogP contribution in [0.15, 0.2) is 47.6 Å². The molecule has 1 fully saturated rings. The van der Waals surface area contributed by atoms with Crippen LogP contribution in [-0.2, 0) is 11.3 Å². The van der Waals surface area contributed by atoms with Crippen molar-refractivity contribution in [2.24, 2.45) is 5.10 Å².